The third-order valence-corrected chi connectivity index (χ3v) is 5.80. The summed E-state index contributed by atoms with van der Waals surface area (Å²) in [6.45, 7) is 3.19. The van der Waals surface area contributed by atoms with E-state index in [1.165, 1.54) is 0 Å². The molecule has 0 aliphatic rings. The average Bonchev–Trinajstić information content (AvgIpc) is 2.89. The number of halogens is 2. The zero-order valence-corrected chi connectivity index (χ0v) is 21.6. The Kier molecular flexibility index (Phi) is 11.9. The molecular formula is C26H34ClFN2O6. The normalized spacial score (nSPS) is 12.9. The summed E-state index contributed by atoms with van der Waals surface area (Å²) in [5.41, 5.74) is 7.03. The van der Waals surface area contributed by atoms with Gasteiger partial charge < -0.3 is 30.0 Å². The lowest BCUT2D eigenvalue weighted by molar-refractivity contribution is -0.150. The first-order chi connectivity index (χ1) is 17.2. The van der Waals surface area contributed by atoms with Gasteiger partial charge in [-0.15, -0.1) is 11.6 Å². The van der Waals surface area contributed by atoms with Crippen molar-refractivity contribution in [2.45, 2.75) is 31.5 Å². The van der Waals surface area contributed by atoms with Crippen LogP contribution in [0.2, 0.25) is 0 Å². The largest absolute Gasteiger partial charge is 0.490 e. The van der Waals surface area contributed by atoms with Crippen molar-refractivity contribution in [3.05, 3.63) is 59.7 Å². The maximum Gasteiger partial charge on any atom is 0.320 e. The number of nitrogens with one attached hydrogen (secondary N) is 1. The summed E-state index contributed by atoms with van der Waals surface area (Å²) in [5, 5.41) is 2.66. The molecule has 0 spiro atoms. The van der Waals surface area contributed by atoms with Crippen LogP contribution in [0.4, 0.5) is 4.39 Å². The van der Waals surface area contributed by atoms with Gasteiger partial charge in [0.05, 0.1) is 19.0 Å². The Morgan fingerprint density at radius 3 is 1.81 bits per heavy atom. The highest BCUT2D eigenvalue weighted by atomic mass is 35.5. The Morgan fingerprint density at radius 1 is 0.917 bits per heavy atom. The number of alkyl halides is 2. The second-order valence-electron chi connectivity index (χ2n) is 8.56. The van der Waals surface area contributed by atoms with E-state index in [2.05, 4.69) is 19.2 Å². The monoisotopic (exact) mass is 524 g/mol. The predicted molar refractivity (Wildman–Crippen MR) is 135 cm³/mol. The van der Waals surface area contributed by atoms with Gasteiger partial charge in [-0.1, -0.05) is 38.1 Å². The molecule has 0 saturated heterocycles. The number of likely N-dealkylation sites (N-methyl/N-ethyl adjacent to an activating group) is 1. The molecule has 0 saturated carbocycles. The lowest BCUT2D eigenvalue weighted by Crippen LogP contribution is -2.31. The van der Waals surface area contributed by atoms with Crippen LogP contribution < -0.4 is 20.5 Å². The van der Waals surface area contributed by atoms with Gasteiger partial charge in [0.25, 0.3) is 0 Å². The number of hydrogen-bond acceptors (Lipinski definition) is 8. The second-order valence-corrected chi connectivity index (χ2v) is 8.87. The molecule has 0 aliphatic carbocycles. The van der Waals surface area contributed by atoms with Gasteiger partial charge in [-0.2, -0.15) is 0 Å². The van der Waals surface area contributed by atoms with Gasteiger partial charge in [0.15, 0.2) is 6.10 Å². The van der Waals surface area contributed by atoms with Crippen molar-refractivity contribution in [3.63, 3.8) is 0 Å². The lowest BCUT2D eigenvalue weighted by atomic mass is 9.78. The van der Waals surface area contributed by atoms with Crippen LogP contribution in [0.25, 0.3) is 0 Å². The summed E-state index contributed by atoms with van der Waals surface area (Å²) in [6.07, 6.45) is -1.55. The Balaban J connectivity index is 1.96. The van der Waals surface area contributed by atoms with Gasteiger partial charge in [0.1, 0.15) is 37.5 Å². The molecule has 3 N–H and O–H groups in total. The number of rotatable bonds is 15. The van der Waals surface area contributed by atoms with Gasteiger partial charge >= 0.3 is 11.9 Å². The molecule has 0 fully saturated rings. The SMILES string of the molecule is CNCC(=O)OC(CF)COc1ccc(C(C)(C)c2ccc(OCC(CCl)OC(=O)CN)cc2)cc1. The van der Waals surface area contributed by atoms with Crippen LogP contribution in [0.5, 0.6) is 11.5 Å². The lowest BCUT2D eigenvalue weighted by Gasteiger charge is -2.26. The molecule has 0 aliphatic heterocycles. The fourth-order valence-corrected chi connectivity index (χ4v) is 3.46. The summed E-state index contributed by atoms with van der Waals surface area (Å²) in [7, 11) is 1.61. The number of ether oxygens (including phenoxy) is 4. The van der Waals surface area contributed by atoms with Crippen molar-refractivity contribution in [3.8, 4) is 11.5 Å². The molecule has 198 valence electrons. The first-order valence-corrected chi connectivity index (χ1v) is 12.1. The maximum absolute atomic E-state index is 13.2. The molecule has 0 radical (unpaired) electrons. The van der Waals surface area contributed by atoms with Crippen LogP contribution in [-0.4, -0.2) is 70.1 Å². The molecule has 2 aromatic carbocycles. The Hall–Kier alpha value is -2.88. The molecule has 0 heterocycles. The standard InChI is InChI=1S/C26H34ClFN2O6/c1-26(2,18-4-8-20(9-5-18)33-16-22(12-27)35-24(31)14-29)19-6-10-21(11-7-19)34-17-23(13-28)36-25(32)15-30-3/h4-11,22-23,30H,12-17,29H2,1-3H3. The summed E-state index contributed by atoms with van der Waals surface area (Å²) < 4.78 is 34.6. The number of nitrogens with two attached hydrogens (primary N) is 1. The molecule has 36 heavy (non-hydrogen) atoms. The van der Waals surface area contributed by atoms with Crippen molar-refractivity contribution in [2.24, 2.45) is 5.73 Å². The summed E-state index contributed by atoms with van der Waals surface area (Å²) in [4.78, 5) is 22.9. The van der Waals surface area contributed by atoms with Crippen molar-refractivity contribution in [1.82, 2.24) is 5.32 Å². The molecule has 10 heteroatoms. The quantitative estimate of drug-likeness (QED) is 0.270. The van der Waals surface area contributed by atoms with Crippen LogP contribution >= 0.6 is 11.6 Å². The zero-order valence-electron chi connectivity index (χ0n) is 20.8. The number of benzene rings is 2. The minimum atomic E-state index is -0.963. The highest BCUT2D eigenvalue weighted by Gasteiger charge is 2.23. The molecule has 0 bridgehead atoms. The van der Waals surface area contributed by atoms with E-state index in [4.69, 9.17) is 36.3 Å². The minimum absolute atomic E-state index is 0.00550. The highest BCUT2D eigenvalue weighted by Crippen LogP contribution is 2.33. The van der Waals surface area contributed by atoms with Gasteiger partial charge in [0.2, 0.25) is 0 Å². The third-order valence-electron chi connectivity index (χ3n) is 5.45. The summed E-state index contributed by atoms with van der Waals surface area (Å²) in [5.74, 6) is 0.201. The van der Waals surface area contributed by atoms with Crippen LogP contribution in [0, 0.1) is 0 Å². The summed E-state index contributed by atoms with van der Waals surface area (Å²) >= 11 is 5.83. The molecular weight excluding hydrogens is 491 g/mol. The highest BCUT2D eigenvalue weighted by molar-refractivity contribution is 6.18. The topological polar surface area (TPSA) is 109 Å². The van der Waals surface area contributed by atoms with E-state index >= 15 is 0 Å². The molecule has 2 unspecified atom stereocenters. The zero-order chi connectivity index (χ0) is 26.6. The minimum Gasteiger partial charge on any atom is -0.490 e. The van der Waals surface area contributed by atoms with E-state index < -0.39 is 30.8 Å². The van der Waals surface area contributed by atoms with Gasteiger partial charge in [-0.25, -0.2) is 4.39 Å². The van der Waals surface area contributed by atoms with E-state index in [9.17, 15) is 14.0 Å². The van der Waals surface area contributed by atoms with E-state index in [-0.39, 0.29) is 37.6 Å². The van der Waals surface area contributed by atoms with Crippen LogP contribution in [-0.2, 0) is 24.5 Å². The molecule has 2 atom stereocenters. The second kappa shape index (κ2) is 14.6. The molecule has 0 amide bonds. The van der Waals surface area contributed by atoms with Crippen LogP contribution in [0.1, 0.15) is 25.0 Å². The molecule has 0 aromatic heterocycles. The molecule has 2 rings (SSSR count). The van der Waals surface area contributed by atoms with Crippen LogP contribution in [0.3, 0.4) is 0 Å². The Labute approximate surface area is 216 Å². The maximum atomic E-state index is 13.2. The van der Waals surface area contributed by atoms with Crippen molar-refractivity contribution in [1.29, 1.82) is 0 Å². The fourth-order valence-electron chi connectivity index (χ4n) is 3.31. The summed E-state index contributed by atoms with van der Waals surface area (Å²) in [6, 6.07) is 15.1. The van der Waals surface area contributed by atoms with Crippen LogP contribution in [0.15, 0.2) is 48.5 Å². The Morgan fingerprint density at radius 2 is 1.39 bits per heavy atom. The van der Waals surface area contributed by atoms with E-state index in [0.29, 0.717) is 11.5 Å². The third kappa shape index (κ3) is 8.96. The van der Waals surface area contributed by atoms with Crippen molar-refractivity contribution in [2.75, 3.05) is 45.9 Å². The average molecular weight is 525 g/mol. The van der Waals surface area contributed by atoms with E-state index in [0.717, 1.165) is 11.1 Å². The number of carbonyl (C=O) groups excluding carboxylic acids is 2. The van der Waals surface area contributed by atoms with Crippen molar-refractivity contribution >= 4 is 23.5 Å². The number of hydrogen-bond donors (Lipinski definition) is 2. The smallest absolute Gasteiger partial charge is 0.320 e. The first kappa shape index (κ1) is 29.4. The molecule has 2 aromatic rings. The van der Waals surface area contributed by atoms with E-state index in [1.807, 2.05) is 36.4 Å². The van der Waals surface area contributed by atoms with E-state index in [1.54, 1.807) is 19.2 Å². The fraction of sp³-hybridized carbons (Fsp3) is 0.462. The Bertz CT molecular complexity index is 956. The first-order valence-electron chi connectivity index (χ1n) is 11.6. The molecule has 8 nitrogen and oxygen atoms in total. The van der Waals surface area contributed by atoms with Gasteiger partial charge in [-0.05, 0) is 42.4 Å². The van der Waals surface area contributed by atoms with Gasteiger partial charge in [-0.3, -0.25) is 9.59 Å². The predicted octanol–water partition coefficient (Wildman–Crippen LogP) is 2.98. The van der Waals surface area contributed by atoms with Gasteiger partial charge in [0, 0.05) is 5.41 Å². The number of esters is 2. The van der Waals surface area contributed by atoms with Crippen molar-refractivity contribution < 1.29 is 32.9 Å². The number of carbonyl (C=O) groups is 2.